The third-order valence-corrected chi connectivity index (χ3v) is 8.78. The summed E-state index contributed by atoms with van der Waals surface area (Å²) in [5.41, 5.74) is 2.74. The van der Waals surface area contributed by atoms with Gasteiger partial charge in [-0.3, -0.25) is 4.90 Å². The maximum absolute atomic E-state index is 12.9. The van der Waals surface area contributed by atoms with Crippen molar-refractivity contribution in [3.8, 4) is 5.88 Å². The average molecular weight is 587 g/mol. The zero-order valence-electron chi connectivity index (χ0n) is 22.1. The number of aromatic carboxylic acids is 1. The molecule has 216 valence electrons. The lowest BCUT2D eigenvalue weighted by Gasteiger charge is -2.32. The highest BCUT2D eigenvalue weighted by Gasteiger charge is 2.32. The van der Waals surface area contributed by atoms with E-state index in [4.69, 9.17) is 14.5 Å². The summed E-state index contributed by atoms with van der Waals surface area (Å²) in [6.07, 6.45) is -1.48. The second-order valence-electron chi connectivity index (χ2n) is 10.4. The Kier molecular flexibility index (Phi) is 7.71. The van der Waals surface area contributed by atoms with Gasteiger partial charge in [-0.05, 0) is 68.8 Å². The SMILES string of the molecule is O=C(O)c1ccc2nc(CN3CCC(c4cccc(OCc5ccc(C(F)(F)F)s5)n4)CC3)n(C[C@@H]3CCO3)c2c1. The van der Waals surface area contributed by atoms with Crippen LogP contribution in [0.25, 0.3) is 11.0 Å². The molecule has 3 aromatic heterocycles. The number of carbonyl (C=O) groups is 1. The minimum atomic E-state index is -4.35. The standard InChI is InChI=1S/C29H29F3N4O4S/c30-29(31,32)25-7-5-21(41-25)17-40-27-3-1-2-22(34-27)18-8-11-35(12-9-18)16-26-33-23-6-4-19(28(37)38)14-24(23)36(26)15-20-10-13-39-20/h1-7,14,18,20H,8-13,15-17H2,(H,37,38)/t20-/m0/s1. The molecule has 0 amide bonds. The molecule has 1 aromatic carbocycles. The maximum Gasteiger partial charge on any atom is 0.425 e. The van der Waals surface area contributed by atoms with E-state index in [1.165, 1.54) is 6.07 Å². The Morgan fingerprint density at radius 3 is 2.59 bits per heavy atom. The van der Waals surface area contributed by atoms with E-state index in [9.17, 15) is 23.1 Å². The summed E-state index contributed by atoms with van der Waals surface area (Å²) in [5.74, 6) is 0.578. The Morgan fingerprint density at radius 2 is 1.90 bits per heavy atom. The molecular weight excluding hydrogens is 557 g/mol. The van der Waals surface area contributed by atoms with Crippen molar-refractivity contribution in [2.75, 3.05) is 19.7 Å². The number of alkyl halides is 3. The van der Waals surface area contributed by atoms with Gasteiger partial charge in [0.1, 0.15) is 17.3 Å². The topological polar surface area (TPSA) is 89.7 Å². The number of fused-ring (bicyclic) bond motifs is 1. The molecule has 41 heavy (non-hydrogen) atoms. The van der Waals surface area contributed by atoms with Crippen molar-refractivity contribution >= 4 is 28.3 Å². The van der Waals surface area contributed by atoms with Crippen LogP contribution >= 0.6 is 11.3 Å². The quantitative estimate of drug-likeness (QED) is 0.259. The number of imidazole rings is 1. The van der Waals surface area contributed by atoms with Gasteiger partial charge >= 0.3 is 12.1 Å². The summed E-state index contributed by atoms with van der Waals surface area (Å²) in [5, 5.41) is 9.48. The van der Waals surface area contributed by atoms with E-state index in [1.54, 1.807) is 24.3 Å². The number of carboxylic acids is 1. The molecule has 0 spiro atoms. The average Bonchev–Trinajstić information content (AvgIpc) is 3.54. The molecule has 12 heteroatoms. The molecule has 2 saturated heterocycles. The van der Waals surface area contributed by atoms with Gasteiger partial charge in [0.2, 0.25) is 5.88 Å². The molecular formula is C29H29F3N4O4S. The Hall–Kier alpha value is -3.48. The molecule has 8 nitrogen and oxygen atoms in total. The predicted molar refractivity (Wildman–Crippen MR) is 146 cm³/mol. The fourth-order valence-electron chi connectivity index (χ4n) is 5.34. The van der Waals surface area contributed by atoms with Gasteiger partial charge in [0, 0.05) is 29.2 Å². The number of thiophene rings is 1. The molecule has 0 radical (unpaired) electrons. The van der Waals surface area contributed by atoms with E-state index in [0.717, 1.165) is 67.6 Å². The summed E-state index contributed by atoms with van der Waals surface area (Å²) < 4.78 is 52.1. The minimum Gasteiger partial charge on any atom is -0.478 e. The van der Waals surface area contributed by atoms with Crippen LogP contribution in [0.2, 0.25) is 0 Å². The van der Waals surface area contributed by atoms with Crippen LogP contribution in [0.4, 0.5) is 13.2 Å². The van der Waals surface area contributed by atoms with Gasteiger partial charge in [-0.25, -0.2) is 14.8 Å². The molecule has 0 saturated carbocycles. The smallest absolute Gasteiger partial charge is 0.425 e. The van der Waals surface area contributed by atoms with Gasteiger partial charge in [-0.15, -0.1) is 11.3 Å². The normalized spacial score (nSPS) is 18.5. The van der Waals surface area contributed by atoms with E-state index in [1.807, 2.05) is 12.1 Å². The molecule has 1 N–H and O–H groups in total. The Labute approximate surface area is 238 Å². The number of benzene rings is 1. The number of likely N-dealkylation sites (tertiary alicyclic amines) is 1. The third kappa shape index (κ3) is 6.24. The maximum atomic E-state index is 12.9. The first-order valence-electron chi connectivity index (χ1n) is 13.5. The van der Waals surface area contributed by atoms with E-state index in [0.29, 0.717) is 35.2 Å². The number of piperidine rings is 1. The van der Waals surface area contributed by atoms with Crippen LogP contribution < -0.4 is 4.74 Å². The lowest BCUT2D eigenvalue weighted by molar-refractivity contribution is -0.134. The third-order valence-electron chi connectivity index (χ3n) is 7.67. The number of rotatable bonds is 9. The first-order chi connectivity index (χ1) is 19.7. The van der Waals surface area contributed by atoms with Crippen LogP contribution in [-0.4, -0.2) is 56.3 Å². The summed E-state index contributed by atoms with van der Waals surface area (Å²) in [6, 6.07) is 13.1. The first kappa shape index (κ1) is 27.7. The van der Waals surface area contributed by atoms with Crippen molar-refractivity contribution in [1.82, 2.24) is 19.4 Å². The lowest BCUT2D eigenvalue weighted by Crippen LogP contribution is -2.35. The molecule has 2 aliphatic rings. The number of carboxylic acid groups (broad SMARTS) is 1. The largest absolute Gasteiger partial charge is 0.478 e. The highest BCUT2D eigenvalue weighted by molar-refractivity contribution is 7.12. The predicted octanol–water partition coefficient (Wildman–Crippen LogP) is 5.96. The van der Waals surface area contributed by atoms with Crippen molar-refractivity contribution in [1.29, 1.82) is 0 Å². The van der Waals surface area contributed by atoms with Crippen LogP contribution in [0.1, 0.15) is 56.8 Å². The zero-order chi connectivity index (χ0) is 28.6. The van der Waals surface area contributed by atoms with Crippen molar-refractivity contribution < 1.29 is 32.5 Å². The van der Waals surface area contributed by atoms with E-state index < -0.39 is 17.0 Å². The number of pyridine rings is 1. The van der Waals surface area contributed by atoms with Crippen molar-refractivity contribution in [3.63, 3.8) is 0 Å². The van der Waals surface area contributed by atoms with E-state index in [2.05, 4.69) is 14.5 Å². The molecule has 5 heterocycles. The lowest BCUT2D eigenvalue weighted by atomic mass is 9.93. The first-order valence-corrected chi connectivity index (χ1v) is 14.4. The van der Waals surface area contributed by atoms with Crippen LogP contribution in [0, 0.1) is 0 Å². The van der Waals surface area contributed by atoms with E-state index in [-0.39, 0.29) is 24.2 Å². The number of ether oxygens (including phenoxy) is 2. The van der Waals surface area contributed by atoms with Crippen molar-refractivity contribution in [2.45, 2.75) is 57.2 Å². The second-order valence-corrected chi connectivity index (χ2v) is 11.6. The number of hydrogen-bond donors (Lipinski definition) is 1. The van der Waals surface area contributed by atoms with Crippen molar-refractivity contribution in [3.05, 3.63) is 75.4 Å². The molecule has 6 rings (SSSR count). The van der Waals surface area contributed by atoms with Gasteiger partial charge in [-0.1, -0.05) is 6.07 Å². The fraction of sp³-hybridized carbons (Fsp3) is 0.414. The molecule has 0 aliphatic carbocycles. The molecule has 0 bridgehead atoms. The van der Waals surface area contributed by atoms with Crippen LogP contribution in [0.15, 0.2) is 48.5 Å². The number of halogens is 3. The van der Waals surface area contributed by atoms with Gasteiger partial charge in [0.05, 0.1) is 35.8 Å². The highest BCUT2D eigenvalue weighted by Crippen LogP contribution is 2.35. The monoisotopic (exact) mass is 586 g/mol. The number of hydrogen-bond acceptors (Lipinski definition) is 7. The Balaban J connectivity index is 1.09. The Bertz CT molecular complexity index is 1540. The summed E-state index contributed by atoms with van der Waals surface area (Å²) in [7, 11) is 0. The second kappa shape index (κ2) is 11.4. The van der Waals surface area contributed by atoms with Gasteiger partial charge in [0.15, 0.2) is 0 Å². The summed E-state index contributed by atoms with van der Waals surface area (Å²) in [6.45, 7) is 3.76. The fourth-order valence-corrected chi connectivity index (χ4v) is 6.13. The van der Waals surface area contributed by atoms with Gasteiger partial charge in [0.25, 0.3) is 0 Å². The number of aromatic nitrogens is 3. The van der Waals surface area contributed by atoms with Crippen LogP contribution in [0.5, 0.6) is 5.88 Å². The molecule has 1 atom stereocenters. The molecule has 4 aromatic rings. The molecule has 0 unspecified atom stereocenters. The highest BCUT2D eigenvalue weighted by atomic mass is 32.1. The van der Waals surface area contributed by atoms with Crippen molar-refractivity contribution in [2.24, 2.45) is 0 Å². The Morgan fingerprint density at radius 1 is 1.10 bits per heavy atom. The summed E-state index contributed by atoms with van der Waals surface area (Å²) >= 11 is 0.681. The summed E-state index contributed by atoms with van der Waals surface area (Å²) in [4.78, 5) is 23.3. The van der Waals surface area contributed by atoms with Crippen LogP contribution in [-0.2, 0) is 30.6 Å². The molecule has 2 fully saturated rings. The number of nitrogens with zero attached hydrogens (tertiary/aromatic N) is 4. The zero-order valence-corrected chi connectivity index (χ0v) is 23.0. The molecule has 2 aliphatic heterocycles. The minimum absolute atomic E-state index is 0.0382. The van der Waals surface area contributed by atoms with Gasteiger partial charge in [-0.2, -0.15) is 13.2 Å². The van der Waals surface area contributed by atoms with Crippen LogP contribution in [0.3, 0.4) is 0 Å². The van der Waals surface area contributed by atoms with Gasteiger partial charge < -0.3 is 19.1 Å². The van der Waals surface area contributed by atoms with E-state index >= 15 is 0 Å².